The summed E-state index contributed by atoms with van der Waals surface area (Å²) in [5.74, 6) is 0.957. The van der Waals surface area contributed by atoms with Gasteiger partial charge in [-0.05, 0) is 41.9 Å². The van der Waals surface area contributed by atoms with Crippen LogP contribution in [0, 0.1) is 0 Å². The van der Waals surface area contributed by atoms with E-state index in [1.54, 1.807) is 6.20 Å². The molecule has 2 amide bonds. The third kappa shape index (κ3) is 3.00. The van der Waals surface area contributed by atoms with Crippen LogP contribution >= 0.6 is 11.5 Å². The Morgan fingerprint density at radius 1 is 1.12 bits per heavy atom. The molecule has 1 aliphatic rings. The number of nitrogens with one attached hydrogen (secondary N) is 1. The molecule has 3 heterocycles. The van der Waals surface area contributed by atoms with Crippen molar-refractivity contribution in [2.45, 2.75) is 0 Å². The van der Waals surface area contributed by atoms with Gasteiger partial charge in [0, 0.05) is 38.1 Å². The molecule has 1 N–H and O–H groups in total. The largest absolute Gasteiger partial charge is 0.353 e. The molecular weight excluding hydrogens is 324 g/mol. The number of pyridine rings is 1. The van der Waals surface area contributed by atoms with E-state index in [4.69, 9.17) is 0 Å². The molecule has 1 saturated heterocycles. The molecule has 0 bridgehead atoms. The van der Waals surface area contributed by atoms with Crippen LogP contribution in [0.15, 0.2) is 42.6 Å². The van der Waals surface area contributed by atoms with Crippen LogP contribution in [-0.2, 0) is 0 Å². The highest BCUT2D eigenvalue weighted by Crippen LogP contribution is 2.20. The molecule has 1 aromatic carbocycles. The zero-order valence-electron chi connectivity index (χ0n) is 12.9. The first-order valence-corrected chi connectivity index (χ1v) is 8.51. The van der Waals surface area contributed by atoms with Crippen molar-refractivity contribution in [2.24, 2.45) is 0 Å². The van der Waals surface area contributed by atoms with Gasteiger partial charge < -0.3 is 15.1 Å². The summed E-state index contributed by atoms with van der Waals surface area (Å²) >= 11 is 1.35. The Labute approximate surface area is 143 Å². The number of rotatable bonds is 2. The summed E-state index contributed by atoms with van der Waals surface area (Å²) in [5.41, 5.74) is 1.55. The third-order valence-corrected chi connectivity index (χ3v) is 4.74. The molecule has 0 spiro atoms. The Bertz CT molecular complexity index is 844. The Hall–Kier alpha value is -2.74. The van der Waals surface area contributed by atoms with Crippen LogP contribution in [0.3, 0.4) is 0 Å². The second-order valence-electron chi connectivity index (χ2n) is 5.55. The van der Waals surface area contributed by atoms with Crippen LogP contribution in [0.5, 0.6) is 0 Å². The number of carbonyl (C=O) groups excluding carboxylic acids is 1. The summed E-state index contributed by atoms with van der Waals surface area (Å²) in [7, 11) is 0. The van der Waals surface area contributed by atoms with Crippen LogP contribution in [0.1, 0.15) is 0 Å². The number of nitrogens with zero attached hydrogens (tertiary/aromatic N) is 5. The maximum Gasteiger partial charge on any atom is 0.321 e. The highest BCUT2D eigenvalue weighted by molar-refractivity contribution is 7.12. The van der Waals surface area contributed by atoms with E-state index in [0.29, 0.717) is 13.1 Å². The summed E-state index contributed by atoms with van der Waals surface area (Å²) < 4.78 is 4.92. The third-order valence-electron chi connectivity index (χ3n) is 4.04. The van der Waals surface area contributed by atoms with Crippen molar-refractivity contribution in [2.75, 3.05) is 36.4 Å². The van der Waals surface area contributed by atoms with E-state index in [1.165, 1.54) is 11.5 Å². The van der Waals surface area contributed by atoms with E-state index in [2.05, 4.69) is 24.8 Å². The lowest BCUT2D eigenvalue weighted by atomic mass is 10.3. The molecule has 2 aromatic heterocycles. The first kappa shape index (κ1) is 14.8. The number of benzene rings is 1. The molecule has 1 aliphatic heterocycles. The molecule has 0 aliphatic carbocycles. The van der Waals surface area contributed by atoms with Gasteiger partial charge in [-0.15, -0.1) is 5.10 Å². The summed E-state index contributed by atoms with van der Waals surface area (Å²) in [5, 5.41) is 6.97. The molecule has 0 saturated carbocycles. The smallest absolute Gasteiger partial charge is 0.321 e. The van der Waals surface area contributed by atoms with E-state index >= 15 is 0 Å². The van der Waals surface area contributed by atoms with E-state index < -0.39 is 0 Å². The summed E-state index contributed by atoms with van der Waals surface area (Å²) in [6, 6.07) is 11.4. The Morgan fingerprint density at radius 3 is 2.79 bits per heavy atom. The van der Waals surface area contributed by atoms with Gasteiger partial charge in [0.05, 0.1) is 4.70 Å². The van der Waals surface area contributed by atoms with E-state index in [9.17, 15) is 4.79 Å². The SMILES string of the molecule is O=C(Nc1ccc2snnc2c1)N1CCN(c2ccccn2)CC1. The average molecular weight is 340 g/mol. The number of amides is 2. The number of urea groups is 1. The van der Waals surface area contributed by atoms with Crippen LogP contribution in [0.25, 0.3) is 10.2 Å². The first-order chi connectivity index (χ1) is 11.8. The molecule has 0 unspecified atom stereocenters. The Balaban J connectivity index is 1.37. The lowest BCUT2D eigenvalue weighted by Crippen LogP contribution is -2.50. The number of fused-ring (bicyclic) bond motifs is 1. The standard InChI is InChI=1S/C16H16N6OS/c23-16(18-12-4-5-14-13(11-12)19-20-24-14)22-9-7-21(8-10-22)15-3-1-2-6-17-15/h1-6,11H,7-10H2,(H,18,23). The van der Waals surface area contributed by atoms with Crippen molar-refractivity contribution in [1.82, 2.24) is 19.5 Å². The lowest BCUT2D eigenvalue weighted by Gasteiger charge is -2.35. The Morgan fingerprint density at radius 2 is 2.00 bits per heavy atom. The summed E-state index contributed by atoms with van der Waals surface area (Å²) in [4.78, 5) is 20.8. The number of carbonyl (C=O) groups is 1. The fourth-order valence-electron chi connectivity index (χ4n) is 2.74. The molecule has 0 atom stereocenters. The van der Waals surface area contributed by atoms with Gasteiger partial charge in [0.2, 0.25) is 0 Å². The van der Waals surface area contributed by atoms with Gasteiger partial charge in [0.15, 0.2) is 0 Å². The normalized spacial score (nSPS) is 14.8. The molecular formula is C16H16N6OS. The molecule has 122 valence electrons. The highest BCUT2D eigenvalue weighted by atomic mass is 32.1. The fourth-order valence-corrected chi connectivity index (χ4v) is 3.28. The molecule has 7 nitrogen and oxygen atoms in total. The van der Waals surface area contributed by atoms with Gasteiger partial charge in [-0.2, -0.15) is 0 Å². The molecule has 8 heteroatoms. The predicted octanol–water partition coefficient (Wildman–Crippen LogP) is 2.44. The molecule has 24 heavy (non-hydrogen) atoms. The van der Waals surface area contributed by atoms with Crippen molar-refractivity contribution in [1.29, 1.82) is 0 Å². The zero-order chi connectivity index (χ0) is 16.4. The zero-order valence-corrected chi connectivity index (χ0v) is 13.7. The van der Waals surface area contributed by atoms with Gasteiger partial charge >= 0.3 is 6.03 Å². The van der Waals surface area contributed by atoms with Gasteiger partial charge in [-0.1, -0.05) is 10.6 Å². The van der Waals surface area contributed by atoms with E-state index in [0.717, 1.165) is 34.8 Å². The number of aromatic nitrogens is 3. The average Bonchev–Trinajstić information content (AvgIpc) is 3.10. The number of anilines is 2. The van der Waals surface area contributed by atoms with Gasteiger partial charge in [0.25, 0.3) is 0 Å². The molecule has 4 rings (SSSR count). The van der Waals surface area contributed by atoms with Crippen molar-refractivity contribution in [3.63, 3.8) is 0 Å². The second-order valence-corrected chi connectivity index (χ2v) is 6.33. The van der Waals surface area contributed by atoms with Gasteiger partial charge in [-0.25, -0.2) is 9.78 Å². The Kier molecular flexibility index (Phi) is 3.96. The minimum absolute atomic E-state index is 0.0850. The van der Waals surface area contributed by atoms with Gasteiger partial charge in [-0.3, -0.25) is 0 Å². The maximum atomic E-state index is 12.4. The van der Waals surface area contributed by atoms with Crippen LogP contribution < -0.4 is 10.2 Å². The monoisotopic (exact) mass is 340 g/mol. The number of hydrogen-bond donors (Lipinski definition) is 1. The number of piperazine rings is 1. The van der Waals surface area contributed by atoms with Crippen LogP contribution in [-0.4, -0.2) is 51.7 Å². The van der Waals surface area contributed by atoms with E-state index in [1.807, 2.05) is 41.3 Å². The van der Waals surface area contributed by atoms with Gasteiger partial charge in [0.1, 0.15) is 11.3 Å². The highest BCUT2D eigenvalue weighted by Gasteiger charge is 2.21. The summed E-state index contributed by atoms with van der Waals surface area (Å²) in [6.45, 7) is 2.89. The fraction of sp³-hybridized carbons (Fsp3) is 0.250. The second kappa shape index (κ2) is 6.40. The molecule has 0 radical (unpaired) electrons. The summed E-state index contributed by atoms with van der Waals surface area (Å²) in [6.07, 6.45) is 1.79. The van der Waals surface area contributed by atoms with Crippen molar-refractivity contribution < 1.29 is 4.79 Å². The topological polar surface area (TPSA) is 74.2 Å². The predicted molar refractivity (Wildman–Crippen MR) is 94.5 cm³/mol. The minimum Gasteiger partial charge on any atom is -0.353 e. The molecule has 3 aromatic rings. The first-order valence-electron chi connectivity index (χ1n) is 7.74. The van der Waals surface area contributed by atoms with Crippen LogP contribution in [0.4, 0.5) is 16.3 Å². The van der Waals surface area contributed by atoms with Crippen molar-refractivity contribution in [3.8, 4) is 0 Å². The molecule has 1 fully saturated rings. The lowest BCUT2D eigenvalue weighted by molar-refractivity contribution is 0.208. The minimum atomic E-state index is -0.0850. The quantitative estimate of drug-likeness (QED) is 0.775. The maximum absolute atomic E-state index is 12.4. The van der Waals surface area contributed by atoms with E-state index in [-0.39, 0.29) is 6.03 Å². The van der Waals surface area contributed by atoms with Crippen molar-refractivity contribution >= 4 is 39.3 Å². The van der Waals surface area contributed by atoms with Crippen molar-refractivity contribution in [3.05, 3.63) is 42.6 Å². The number of hydrogen-bond acceptors (Lipinski definition) is 6. The van der Waals surface area contributed by atoms with Crippen LogP contribution in [0.2, 0.25) is 0 Å².